The van der Waals surface area contributed by atoms with Gasteiger partial charge in [0, 0.05) is 16.6 Å². The molecule has 2 rings (SSSR count). The molecule has 0 bridgehead atoms. The van der Waals surface area contributed by atoms with Crippen LogP contribution in [-0.2, 0) is 0 Å². The van der Waals surface area contributed by atoms with Crippen molar-refractivity contribution in [2.45, 2.75) is 46.1 Å². The molecule has 0 amide bonds. The first-order valence-electron chi connectivity index (χ1n) is 6.99. The third-order valence-electron chi connectivity index (χ3n) is 4.19. The minimum atomic E-state index is -0.329. The lowest BCUT2D eigenvalue weighted by molar-refractivity contribution is -0.384. The zero-order valence-corrected chi connectivity index (χ0v) is 13.7. The zero-order valence-electron chi connectivity index (χ0n) is 12.1. The number of halogens is 1. The summed E-state index contributed by atoms with van der Waals surface area (Å²) in [5.41, 5.74) is 1.13. The van der Waals surface area contributed by atoms with E-state index in [1.54, 1.807) is 12.1 Å². The van der Waals surface area contributed by atoms with Crippen molar-refractivity contribution in [3.8, 4) is 0 Å². The summed E-state index contributed by atoms with van der Waals surface area (Å²) < 4.78 is 0.729. The summed E-state index contributed by atoms with van der Waals surface area (Å²) in [7, 11) is 0. The molecule has 1 saturated carbocycles. The molecule has 1 aromatic rings. The number of hydrogen-bond donors (Lipinski definition) is 1. The van der Waals surface area contributed by atoms with Crippen LogP contribution < -0.4 is 5.32 Å². The van der Waals surface area contributed by atoms with Crippen LogP contribution in [0.4, 0.5) is 11.4 Å². The van der Waals surface area contributed by atoms with Gasteiger partial charge in [0.25, 0.3) is 5.69 Å². The highest BCUT2D eigenvalue weighted by Crippen LogP contribution is 2.40. The Morgan fingerprint density at radius 3 is 2.75 bits per heavy atom. The highest BCUT2D eigenvalue weighted by atomic mass is 79.9. The Hall–Kier alpha value is -1.10. The summed E-state index contributed by atoms with van der Waals surface area (Å²) >= 11 is 3.28. The standard InChI is InChI=1S/C15H21BrN2O2/c1-10-9-15(2,3)7-6-12(10)17-13-5-4-11(16)8-14(13)18(19)20/h4-5,8,10,12,17H,6-7,9H2,1-3H3. The molecule has 5 heteroatoms. The van der Waals surface area contributed by atoms with Crippen LogP contribution in [0.25, 0.3) is 0 Å². The Morgan fingerprint density at radius 1 is 1.45 bits per heavy atom. The molecule has 1 aliphatic rings. The van der Waals surface area contributed by atoms with Gasteiger partial charge in [0.1, 0.15) is 5.69 Å². The minimum absolute atomic E-state index is 0.136. The third kappa shape index (κ3) is 3.51. The van der Waals surface area contributed by atoms with E-state index in [1.165, 1.54) is 0 Å². The van der Waals surface area contributed by atoms with Gasteiger partial charge < -0.3 is 5.32 Å². The lowest BCUT2D eigenvalue weighted by Crippen LogP contribution is -2.37. The number of anilines is 1. The molecular weight excluding hydrogens is 320 g/mol. The van der Waals surface area contributed by atoms with Crippen LogP contribution in [0, 0.1) is 21.4 Å². The van der Waals surface area contributed by atoms with Crippen molar-refractivity contribution in [1.29, 1.82) is 0 Å². The molecule has 1 fully saturated rings. The topological polar surface area (TPSA) is 55.2 Å². The van der Waals surface area contributed by atoms with Gasteiger partial charge in [-0.05, 0) is 42.7 Å². The van der Waals surface area contributed by atoms with Crippen molar-refractivity contribution >= 4 is 27.3 Å². The quantitative estimate of drug-likeness (QED) is 0.623. The fraction of sp³-hybridized carbons (Fsp3) is 0.600. The van der Waals surface area contributed by atoms with Gasteiger partial charge in [0.15, 0.2) is 0 Å². The summed E-state index contributed by atoms with van der Waals surface area (Å²) in [5.74, 6) is 0.516. The van der Waals surface area contributed by atoms with E-state index in [4.69, 9.17) is 0 Å². The van der Waals surface area contributed by atoms with Crippen LogP contribution in [0.5, 0.6) is 0 Å². The number of nitrogens with zero attached hydrogens (tertiary/aromatic N) is 1. The zero-order chi connectivity index (χ0) is 14.9. The number of hydrogen-bond acceptors (Lipinski definition) is 3. The minimum Gasteiger partial charge on any atom is -0.376 e. The Bertz CT molecular complexity index is 517. The number of nitrogens with one attached hydrogen (secondary N) is 1. The first-order chi connectivity index (χ1) is 9.28. The fourth-order valence-electron chi connectivity index (χ4n) is 3.14. The summed E-state index contributed by atoms with van der Waals surface area (Å²) in [6.07, 6.45) is 3.36. The molecule has 4 nitrogen and oxygen atoms in total. The van der Waals surface area contributed by atoms with Crippen molar-refractivity contribution in [2.75, 3.05) is 5.32 Å². The maximum Gasteiger partial charge on any atom is 0.293 e. The van der Waals surface area contributed by atoms with E-state index in [0.717, 1.165) is 23.7 Å². The number of rotatable bonds is 3. The number of nitro benzene ring substituents is 1. The van der Waals surface area contributed by atoms with E-state index in [0.29, 0.717) is 23.1 Å². The molecular formula is C15H21BrN2O2. The van der Waals surface area contributed by atoms with Gasteiger partial charge in [-0.25, -0.2) is 0 Å². The van der Waals surface area contributed by atoms with Crippen LogP contribution in [-0.4, -0.2) is 11.0 Å². The molecule has 1 N–H and O–H groups in total. The normalized spacial score (nSPS) is 25.2. The van der Waals surface area contributed by atoms with Gasteiger partial charge >= 0.3 is 0 Å². The molecule has 1 aromatic carbocycles. The van der Waals surface area contributed by atoms with Crippen LogP contribution in [0.2, 0.25) is 0 Å². The molecule has 0 aromatic heterocycles. The number of benzene rings is 1. The third-order valence-corrected chi connectivity index (χ3v) is 4.68. The van der Waals surface area contributed by atoms with E-state index in [1.807, 2.05) is 6.07 Å². The van der Waals surface area contributed by atoms with Crippen molar-refractivity contribution in [2.24, 2.45) is 11.3 Å². The van der Waals surface area contributed by atoms with Crippen molar-refractivity contribution < 1.29 is 4.92 Å². The lowest BCUT2D eigenvalue weighted by Gasteiger charge is -2.39. The van der Waals surface area contributed by atoms with Crippen LogP contribution >= 0.6 is 15.9 Å². The molecule has 0 aliphatic heterocycles. The molecule has 1 aliphatic carbocycles. The van der Waals surface area contributed by atoms with Gasteiger partial charge in [-0.1, -0.05) is 36.7 Å². The average molecular weight is 341 g/mol. The molecule has 0 radical (unpaired) electrons. The van der Waals surface area contributed by atoms with Gasteiger partial charge in [-0.2, -0.15) is 0 Å². The van der Waals surface area contributed by atoms with Crippen molar-refractivity contribution in [1.82, 2.24) is 0 Å². The van der Waals surface area contributed by atoms with E-state index < -0.39 is 0 Å². The summed E-state index contributed by atoms with van der Waals surface area (Å²) in [5, 5.41) is 14.5. The fourth-order valence-corrected chi connectivity index (χ4v) is 3.49. The van der Waals surface area contributed by atoms with Gasteiger partial charge in [-0.15, -0.1) is 0 Å². The summed E-state index contributed by atoms with van der Waals surface area (Å²) in [4.78, 5) is 10.8. The SMILES string of the molecule is CC1CC(C)(C)CCC1Nc1ccc(Br)cc1[N+](=O)[O-]. The molecule has 20 heavy (non-hydrogen) atoms. The van der Waals surface area contributed by atoms with Gasteiger partial charge in [-0.3, -0.25) is 10.1 Å². The molecule has 0 saturated heterocycles. The first-order valence-corrected chi connectivity index (χ1v) is 7.78. The monoisotopic (exact) mass is 340 g/mol. The van der Waals surface area contributed by atoms with Crippen LogP contribution in [0.15, 0.2) is 22.7 Å². The molecule has 110 valence electrons. The first kappa shape index (κ1) is 15.3. The highest BCUT2D eigenvalue weighted by molar-refractivity contribution is 9.10. The predicted molar refractivity (Wildman–Crippen MR) is 85.0 cm³/mol. The Morgan fingerprint density at radius 2 is 2.15 bits per heavy atom. The molecule has 2 unspecified atom stereocenters. The molecule has 0 heterocycles. The molecule has 2 atom stereocenters. The highest BCUT2D eigenvalue weighted by Gasteiger charge is 2.33. The van der Waals surface area contributed by atoms with E-state index in [9.17, 15) is 10.1 Å². The van der Waals surface area contributed by atoms with Crippen LogP contribution in [0.1, 0.15) is 40.0 Å². The van der Waals surface area contributed by atoms with Crippen molar-refractivity contribution in [3.05, 3.63) is 32.8 Å². The predicted octanol–water partition coefficient (Wildman–Crippen LogP) is 4.98. The number of nitro groups is 1. The lowest BCUT2D eigenvalue weighted by atomic mass is 9.70. The maximum atomic E-state index is 11.1. The largest absolute Gasteiger partial charge is 0.376 e. The Labute approximate surface area is 128 Å². The second-order valence-electron chi connectivity index (χ2n) is 6.55. The van der Waals surface area contributed by atoms with E-state index >= 15 is 0 Å². The maximum absolute atomic E-state index is 11.1. The van der Waals surface area contributed by atoms with Gasteiger partial charge in [0.2, 0.25) is 0 Å². The summed E-state index contributed by atoms with van der Waals surface area (Å²) in [6.45, 7) is 6.81. The van der Waals surface area contributed by atoms with Crippen molar-refractivity contribution in [3.63, 3.8) is 0 Å². The second kappa shape index (κ2) is 5.72. The van der Waals surface area contributed by atoms with Crippen LogP contribution in [0.3, 0.4) is 0 Å². The molecule has 0 spiro atoms. The van der Waals surface area contributed by atoms with E-state index in [2.05, 4.69) is 42.0 Å². The van der Waals surface area contributed by atoms with E-state index in [-0.39, 0.29) is 10.6 Å². The Balaban J connectivity index is 2.16. The smallest absolute Gasteiger partial charge is 0.293 e. The summed E-state index contributed by atoms with van der Waals surface area (Å²) in [6, 6.07) is 5.49. The second-order valence-corrected chi connectivity index (χ2v) is 7.47. The average Bonchev–Trinajstić information content (AvgIpc) is 2.33. The van der Waals surface area contributed by atoms with Gasteiger partial charge in [0.05, 0.1) is 4.92 Å². The Kier molecular flexibility index (Phi) is 4.37.